The van der Waals surface area contributed by atoms with Crippen LogP contribution in [-0.2, 0) is 11.8 Å². The van der Waals surface area contributed by atoms with Crippen LogP contribution in [0.25, 0.3) is 22.2 Å². The molecule has 0 aliphatic rings. The zero-order chi connectivity index (χ0) is 26.5. The highest BCUT2D eigenvalue weighted by Crippen LogP contribution is 2.42. The van der Waals surface area contributed by atoms with Crippen LogP contribution in [0.4, 0.5) is 23.0 Å². The van der Waals surface area contributed by atoms with Gasteiger partial charge in [0.1, 0.15) is 11.4 Å². The lowest BCUT2D eigenvalue weighted by atomic mass is 10.1. The summed E-state index contributed by atoms with van der Waals surface area (Å²) in [7, 11) is 9.65. The SMILES string of the molecule is C=CC(=O)Nc1ccc(OC)c(Nc2nccc(-c3cn(C)c4ccccc34)n2)c1N(C)CCN(C)C. The maximum Gasteiger partial charge on any atom is 0.247 e. The van der Waals surface area contributed by atoms with Gasteiger partial charge in [0.05, 0.1) is 24.2 Å². The number of methoxy groups -OCH3 is 1. The van der Waals surface area contributed by atoms with E-state index in [1.54, 1.807) is 19.4 Å². The highest BCUT2D eigenvalue weighted by molar-refractivity contribution is 6.04. The molecule has 2 aromatic heterocycles. The molecular formula is C28H33N7O2. The van der Waals surface area contributed by atoms with E-state index in [4.69, 9.17) is 9.72 Å². The normalized spacial score (nSPS) is 11.0. The minimum atomic E-state index is -0.299. The summed E-state index contributed by atoms with van der Waals surface area (Å²) in [6.45, 7) is 5.11. The molecule has 0 fully saturated rings. The number of carbonyl (C=O) groups excluding carboxylic acids is 1. The Bertz CT molecular complexity index is 1430. The molecule has 0 unspecified atom stereocenters. The monoisotopic (exact) mass is 499 g/mol. The zero-order valence-corrected chi connectivity index (χ0v) is 21.9. The molecule has 2 aromatic carbocycles. The van der Waals surface area contributed by atoms with Gasteiger partial charge in [-0.2, -0.15) is 0 Å². The lowest BCUT2D eigenvalue weighted by Crippen LogP contribution is -2.30. The molecule has 0 saturated heterocycles. The van der Waals surface area contributed by atoms with Crippen molar-refractivity contribution in [3.63, 3.8) is 0 Å². The Morgan fingerprint density at radius 1 is 1.14 bits per heavy atom. The van der Waals surface area contributed by atoms with E-state index in [1.165, 1.54) is 6.08 Å². The van der Waals surface area contributed by atoms with E-state index in [1.807, 2.05) is 52.5 Å². The van der Waals surface area contributed by atoms with E-state index < -0.39 is 0 Å². The Labute approximate surface area is 217 Å². The molecule has 37 heavy (non-hydrogen) atoms. The van der Waals surface area contributed by atoms with Crippen molar-refractivity contribution in [1.29, 1.82) is 0 Å². The van der Waals surface area contributed by atoms with Crippen molar-refractivity contribution >= 4 is 39.8 Å². The Morgan fingerprint density at radius 3 is 2.65 bits per heavy atom. The number of ether oxygens (including phenoxy) is 1. The summed E-state index contributed by atoms with van der Waals surface area (Å²) in [4.78, 5) is 25.7. The van der Waals surface area contributed by atoms with Gasteiger partial charge in [-0.25, -0.2) is 9.97 Å². The van der Waals surface area contributed by atoms with Crippen LogP contribution >= 0.6 is 0 Å². The maximum atomic E-state index is 12.2. The minimum Gasteiger partial charge on any atom is -0.494 e. The third-order valence-corrected chi connectivity index (χ3v) is 6.13. The molecule has 9 nitrogen and oxygen atoms in total. The van der Waals surface area contributed by atoms with E-state index in [0.29, 0.717) is 29.6 Å². The summed E-state index contributed by atoms with van der Waals surface area (Å²) in [6, 6.07) is 13.7. The summed E-state index contributed by atoms with van der Waals surface area (Å²) in [5, 5.41) is 7.40. The van der Waals surface area contributed by atoms with Gasteiger partial charge in [0.15, 0.2) is 0 Å². The van der Waals surface area contributed by atoms with Crippen LogP contribution in [-0.4, -0.2) is 66.7 Å². The number of benzene rings is 2. The number of rotatable bonds is 10. The number of nitrogens with zero attached hydrogens (tertiary/aromatic N) is 5. The van der Waals surface area contributed by atoms with Gasteiger partial charge in [0.2, 0.25) is 11.9 Å². The van der Waals surface area contributed by atoms with Crippen molar-refractivity contribution < 1.29 is 9.53 Å². The van der Waals surface area contributed by atoms with Crippen LogP contribution in [0.1, 0.15) is 0 Å². The molecule has 1 amide bonds. The van der Waals surface area contributed by atoms with Gasteiger partial charge in [-0.15, -0.1) is 0 Å². The van der Waals surface area contributed by atoms with E-state index in [2.05, 4.69) is 54.9 Å². The van der Waals surface area contributed by atoms with Gasteiger partial charge in [-0.1, -0.05) is 24.8 Å². The number of hydrogen-bond acceptors (Lipinski definition) is 7. The quantitative estimate of drug-likeness (QED) is 0.311. The smallest absolute Gasteiger partial charge is 0.247 e. The van der Waals surface area contributed by atoms with Gasteiger partial charge in [0.25, 0.3) is 0 Å². The third-order valence-electron chi connectivity index (χ3n) is 6.13. The Morgan fingerprint density at radius 2 is 1.92 bits per heavy atom. The second-order valence-electron chi connectivity index (χ2n) is 9.02. The largest absolute Gasteiger partial charge is 0.494 e. The number of fused-ring (bicyclic) bond motifs is 1. The molecule has 0 atom stereocenters. The molecule has 0 radical (unpaired) electrons. The summed E-state index contributed by atoms with van der Waals surface area (Å²) >= 11 is 0. The molecule has 2 heterocycles. The highest BCUT2D eigenvalue weighted by Gasteiger charge is 2.21. The van der Waals surface area contributed by atoms with Crippen molar-refractivity contribution in [2.24, 2.45) is 7.05 Å². The number of para-hydroxylation sites is 1. The number of hydrogen-bond donors (Lipinski definition) is 2. The van der Waals surface area contributed by atoms with Crippen molar-refractivity contribution in [2.45, 2.75) is 0 Å². The van der Waals surface area contributed by atoms with Crippen LogP contribution in [0.3, 0.4) is 0 Å². The molecular weight excluding hydrogens is 466 g/mol. The first-order valence-corrected chi connectivity index (χ1v) is 12.0. The lowest BCUT2D eigenvalue weighted by molar-refractivity contribution is -0.111. The summed E-state index contributed by atoms with van der Waals surface area (Å²) in [6.07, 6.45) is 5.05. The summed E-state index contributed by atoms with van der Waals surface area (Å²) < 4.78 is 7.79. The predicted octanol–water partition coefficient (Wildman–Crippen LogP) is 4.51. The first-order chi connectivity index (χ1) is 17.8. The standard InChI is InChI=1S/C28H33N7O2/c1-7-25(36)30-22-12-13-24(37-6)26(27(22)34(4)17-16-33(2)3)32-28-29-15-14-21(31-28)20-18-35(5)23-11-9-8-10-19(20)23/h7-15,18H,1,16-17H2,2-6H3,(H,30,36)(H,29,31,32). The fourth-order valence-electron chi connectivity index (χ4n) is 4.23. The van der Waals surface area contributed by atoms with Crippen LogP contribution < -0.4 is 20.3 Å². The lowest BCUT2D eigenvalue weighted by Gasteiger charge is -2.28. The molecule has 0 saturated carbocycles. The highest BCUT2D eigenvalue weighted by atomic mass is 16.5. The Balaban J connectivity index is 1.78. The number of carbonyl (C=O) groups is 1. The topological polar surface area (TPSA) is 87.5 Å². The van der Waals surface area contributed by atoms with Gasteiger partial charge in [-0.05, 0) is 44.4 Å². The molecule has 0 spiro atoms. The maximum absolute atomic E-state index is 12.2. The average Bonchev–Trinajstić information content (AvgIpc) is 3.24. The zero-order valence-electron chi connectivity index (χ0n) is 21.9. The molecule has 192 valence electrons. The van der Waals surface area contributed by atoms with Gasteiger partial charge < -0.3 is 29.7 Å². The number of aryl methyl sites for hydroxylation is 1. The van der Waals surface area contributed by atoms with E-state index in [9.17, 15) is 4.79 Å². The molecule has 4 aromatic rings. The fraction of sp³-hybridized carbons (Fsp3) is 0.250. The number of amides is 1. The third kappa shape index (κ3) is 5.57. The molecule has 0 bridgehead atoms. The second-order valence-corrected chi connectivity index (χ2v) is 9.02. The number of anilines is 4. The summed E-state index contributed by atoms with van der Waals surface area (Å²) in [5.41, 5.74) is 4.98. The predicted molar refractivity (Wildman–Crippen MR) is 151 cm³/mol. The first-order valence-electron chi connectivity index (χ1n) is 12.0. The van der Waals surface area contributed by atoms with Crippen molar-refractivity contribution in [3.8, 4) is 17.0 Å². The van der Waals surface area contributed by atoms with Crippen molar-refractivity contribution in [1.82, 2.24) is 19.4 Å². The van der Waals surface area contributed by atoms with Gasteiger partial charge in [0, 0.05) is 56.0 Å². The summed E-state index contributed by atoms with van der Waals surface area (Å²) in [5.74, 6) is 0.716. The van der Waals surface area contributed by atoms with E-state index >= 15 is 0 Å². The second kappa shape index (κ2) is 11.1. The van der Waals surface area contributed by atoms with Gasteiger partial charge >= 0.3 is 0 Å². The Kier molecular flexibility index (Phi) is 7.74. The van der Waals surface area contributed by atoms with Crippen LogP contribution in [0.2, 0.25) is 0 Å². The average molecular weight is 500 g/mol. The molecule has 2 N–H and O–H groups in total. The number of nitrogens with one attached hydrogen (secondary N) is 2. The molecule has 9 heteroatoms. The molecule has 0 aliphatic carbocycles. The van der Waals surface area contributed by atoms with Crippen molar-refractivity contribution in [2.75, 3.05) is 56.9 Å². The number of likely N-dealkylation sites (N-methyl/N-ethyl adjacent to an activating group) is 2. The van der Waals surface area contributed by atoms with Crippen LogP contribution in [0.15, 0.2) is 67.5 Å². The first kappa shape index (κ1) is 25.7. The van der Waals surface area contributed by atoms with Gasteiger partial charge in [-0.3, -0.25) is 4.79 Å². The van der Waals surface area contributed by atoms with Crippen LogP contribution in [0, 0.1) is 0 Å². The minimum absolute atomic E-state index is 0.299. The molecule has 0 aliphatic heterocycles. The van der Waals surface area contributed by atoms with E-state index in [-0.39, 0.29) is 5.91 Å². The fourth-order valence-corrected chi connectivity index (χ4v) is 4.23. The molecule has 4 rings (SSSR count). The van der Waals surface area contributed by atoms with Crippen molar-refractivity contribution in [3.05, 3.63) is 67.5 Å². The Hall–Kier alpha value is -4.37. The van der Waals surface area contributed by atoms with Crippen LogP contribution in [0.5, 0.6) is 5.75 Å². The van der Waals surface area contributed by atoms with E-state index in [0.717, 1.165) is 34.4 Å². The number of aromatic nitrogens is 3.